The summed E-state index contributed by atoms with van der Waals surface area (Å²) in [6, 6.07) is 9.90. The number of pyridine rings is 1. The van der Waals surface area contributed by atoms with Crippen LogP contribution in [-0.4, -0.2) is 59.9 Å². The van der Waals surface area contributed by atoms with Crippen molar-refractivity contribution in [2.24, 2.45) is 0 Å². The van der Waals surface area contributed by atoms with Crippen molar-refractivity contribution in [1.29, 1.82) is 0 Å². The summed E-state index contributed by atoms with van der Waals surface area (Å²) in [5, 5.41) is 0. The lowest BCUT2D eigenvalue weighted by atomic mass is 10.1. The topological polar surface area (TPSA) is 78.8 Å². The fourth-order valence-corrected chi connectivity index (χ4v) is 3.91. The minimum Gasteiger partial charge on any atom is -0.496 e. The second-order valence-electron chi connectivity index (χ2n) is 7.48. The molecule has 4 heterocycles. The molecule has 31 heavy (non-hydrogen) atoms. The van der Waals surface area contributed by atoms with Crippen LogP contribution in [0.4, 0.5) is 0 Å². The maximum atomic E-state index is 6.06. The smallest absolute Gasteiger partial charge is 0.165 e. The van der Waals surface area contributed by atoms with Crippen molar-refractivity contribution in [2.75, 3.05) is 40.0 Å². The molecule has 1 saturated heterocycles. The molecule has 1 atom stereocenters. The summed E-state index contributed by atoms with van der Waals surface area (Å²) >= 11 is 0. The molecule has 0 amide bonds. The Balaban J connectivity index is 1.34. The number of aromatic nitrogens is 3. The van der Waals surface area contributed by atoms with Gasteiger partial charge in [0.15, 0.2) is 11.5 Å². The Labute approximate surface area is 180 Å². The van der Waals surface area contributed by atoms with E-state index in [1.54, 1.807) is 19.5 Å². The molecule has 0 bridgehead atoms. The van der Waals surface area contributed by atoms with Crippen molar-refractivity contribution in [3.05, 3.63) is 60.3 Å². The summed E-state index contributed by atoms with van der Waals surface area (Å²) in [5.41, 5.74) is 3.70. The average molecular weight is 420 g/mol. The normalized spacial score (nSPS) is 18.5. The van der Waals surface area contributed by atoms with E-state index in [-0.39, 0.29) is 6.10 Å². The van der Waals surface area contributed by atoms with Gasteiger partial charge in [0.1, 0.15) is 31.4 Å². The third kappa shape index (κ3) is 4.30. The summed E-state index contributed by atoms with van der Waals surface area (Å²) in [6.07, 6.45) is 4.94. The van der Waals surface area contributed by atoms with Gasteiger partial charge in [-0.25, -0.2) is 15.0 Å². The predicted molar refractivity (Wildman–Crippen MR) is 113 cm³/mol. The quantitative estimate of drug-likeness (QED) is 0.624. The number of benzene rings is 1. The minimum atomic E-state index is -0.110. The number of nitrogens with zero attached hydrogens (tertiary/aromatic N) is 4. The van der Waals surface area contributed by atoms with E-state index in [4.69, 9.17) is 23.9 Å². The van der Waals surface area contributed by atoms with Crippen LogP contribution in [0.25, 0.3) is 11.3 Å². The van der Waals surface area contributed by atoms with Crippen molar-refractivity contribution < 1.29 is 18.9 Å². The van der Waals surface area contributed by atoms with Crippen molar-refractivity contribution in [3.8, 4) is 28.5 Å². The Morgan fingerprint density at radius 1 is 1.06 bits per heavy atom. The van der Waals surface area contributed by atoms with E-state index < -0.39 is 0 Å². The summed E-state index contributed by atoms with van der Waals surface area (Å²) in [5.74, 6) is 2.31. The zero-order valence-electron chi connectivity index (χ0n) is 17.4. The molecule has 1 fully saturated rings. The molecular weight excluding hydrogens is 396 g/mol. The first kappa shape index (κ1) is 19.7. The van der Waals surface area contributed by atoms with E-state index in [1.807, 2.05) is 30.3 Å². The lowest BCUT2D eigenvalue weighted by molar-refractivity contribution is -0.0351. The minimum absolute atomic E-state index is 0.110. The first-order valence-corrected chi connectivity index (χ1v) is 10.3. The van der Waals surface area contributed by atoms with Crippen LogP contribution in [0, 0.1) is 0 Å². The second kappa shape index (κ2) is 8.87. The van der Waals surface area contributed by atoms with Crippen LogP contribution in [0.1, 0.15) is 17.4 Å². The number of methoxy groups -OCH3 is 1. The number of morpholine rings is 1. The summed E-state index contributed by atoms with van der Waals surface area (Å²) < 4.78 is 23.1. The Morgan fingerprint density at radius 2 is 1.87 bits per heavy atom. The highest BCUT2D eigenvalue weighted by Gasteiger charge is 2.25. The summed E-state index contributed by atoms with van der Waals surface area (Å²) in [6.45, 7) is 4.05. The van der Waals surface area contributed by atoms with Crippen LogP contribution in [0.15, 0.2) is 49.1 Å². The van der Waals surface area contributed by atoms with Gasteiger partial charge >= 0.3 is 0 Å². The van der Waals surface area contributed by atoms with Crippen LogP contribution in [-0.2, 0) is 11.3 Å². The molecule has 5 rings (SSSR count). The van der Waals surface area contributed by atoms with Crippen LogP contribution in [0.5, 0.6) is 17.2 Å². The molecule has 8 nitrogen and oxygen atoms in total. The Kier molecular flexibility index (Phi) is 5.64. The van der Waals surface area contributed by atoms with Crippen molar-refractivity contribution >= 4 is 0 Å². The predicted octanol–water partition coefficient (Wildman–Crippen LogP) is 2.89. The van der Waals surface area contributed by atoms with Gasteiger partial charge in [0.2, 0.25) is 0 Å². The largest absolute Gasteiger partial charge is 0.496 e. The Morgan fingerprint density at radius 3 is 2.68 bits per heavy atom. The van der Waals surface area contributed by atoms with Gasteiger partial charge in [-0.3, -0.25) is 4.90 Å². The zero-order valence-corrected chi connectivity index (χ0v) is 17.4. The van der Waals surface area contributed by atoms with Gasteiger partial charge in [-0.1, -0.05) is 6.07 Å². The molecule has 1 aromatic carbocycles. The molecule has 0 saturated carbocycles. The van der Waals surface area contributed by atoms with E-state index in [1.165, 1.54) is 6.33 Å². The lowest BCUT2D eigenvalue weighted by Gasteiger charge is -2.33. The van der Waals surface area contributed by atoms with Gasteiger partial charge in [-0.2, -0.15) is 0 Å². The lowest BCUT2D eigenvalue weighted by Crippen LogP contribution is -2.38. The maximum Gasteiger partial charge on any atom is 0.165 e. The first-order chi connectivity index (χ1) is 15.3. The highest BCUT2D eigenvalue weighted by Crippen LogP contribution is 2.37. The highest BCUT2D eigenvalue weighted by molar-refractivity contribution is 5.56. The number of fused-ring (bicyclic) bond motifs is 1. The van der Waals surface area contributed by atoms with Gasteiger partial charge < -0.3 is 18.9 Å². The number of hydrogen-bond donors (Lipinski definition) is 0. The average Bonchev–Trinajstić information content (AvgIpc) is 2.84. The fraction of sp³-hybridized carbons (Fsp3) is 0.348. The molecule has 0 unspecified atom stereocenters. The van der Waals surface area contributed by atoms with Crippen molar-refractivity contribution in [2.45, 2.75) is 12.6 Å². The Hall–Kier alpha value is -3.23. The van der Waals surface area contributed by atoms with Gasteiger partial charge in [0.05, 0.1) is 25.1 Å². The van der Waals surface area contributed by atoms with Crippen molar-refractivity contribution in [3.63, 3.8) is 0 Å². The number of hydrogen-bond acceptors (Lipinski definition) is 8. The molecule has 8 heteroatoms. The molecule has 2 aromatic heterocycles. The molecule has 160 valence electrons. The molecule has 3 aromatic rings. The van der Waals surface area contributed by atoms with E-state index in [0.29, 0.717) is 19.8 Å². The van der Waals surface area contributed by atoms with Gasteiger partial charge in [0.25, 0.3) is 0 Å². The SMILES string of the molecule is COc1cc2c(cc1CN1CCO[C@H](c3cccc(-c4cncnc4)n3)C1)OCCO2. The maximum absolute atomic E-state index is 6.06. The molecule has 0 N–H and O–H groups in total. The van der Waals surface area contributed by atoms with Gasteiger partial charge in [-0.05, 0) is 18.2 Å². The van der Waals surface area contributed by atoms with Crippen LogP contribution >= 0.6 is 0 Å². The fourth-order valence-electron chi connectivity index (χ4n) is 3.91. The first-order valence-electron chi connectivity index (χ1n) is 10.3. The number of rotatable bonds is 5. The van der Waals surface area contributed by atoms with E-state index in [0.717, 1.165) is 59.4 Å². The molecule has 2 aliphatic rings. The van der Waals surface area contributed by atoms with Gasteiger partial charge in [-0.15, -0.1) is 0 Å². The standard InChI is InChI=1S/C23H24N4O4/c1-28-20-10-22-21(30-7-8-31-22)9-16(20)13-27-5-6-29-23(14-27)19-4-2-3-18(26-19)17-11-24-15-25-12-17/h2-4,9-12,15,23H,5-8,13-14H2,1H3/t23-/m0/s1. The third-order valence-corrected chi connectivity index (χ3v) is 5.45. The van der Waals surface area contributed by atoms with E-state index in [9.17, 15) is 0 Å². The van der Waals surface area contributed by atoms with E-state index in [2.05, 4.69) is 14.9 Å². The molecule has 0 aliphatic carbocycles. The van der Waals surface area contributed by atoms with Crippen molar-refractivity contribution in [1.82, 2.24) is 19.9 Å². The monoisotopic (exact) mass is 420 g/mol. The molecule has 0 radical (unpaired) electrons. The third-order valence-electron chi connectivity index (χ3n) is 5.45. The van der Waals surface area contributed by atoms with Crippen LogP contribution in [0.2, 0.25) is 0 Å². The molecular formula is C23H24N4O4. The highest BCUT2D eigenvalue weighted by atomic mass is 16.6. The molecule has 0 spiro atoms. The van der Waals surface area contributed by atoms with Crippen LogP contribution < -0.4 is 14.2 Å². The molecule has 2 aliphatic heterocycles. The number of ether oxygens (including phenoxy) is 4. The summed E-state index contributed by atoms with van der Waals surface area (Å²) in [4.78, 5) is 15.3. The van der Waals surface area contributed by atoms with E-state index >= 15 is 0 Å². The van der Waals surface area contributed by atoms with Crippen LogP contribution in [0.3, 0.4) is 0 Å². The zero-order chi connectivity index (χ0) is 21.0. The second-order valence-corrected chi connectivity index (χ2v) is 7.48. The Bertz CT molecular complexity index is 1050. The summed E-state index contributed by atoms with van der Waals surface area (Å²) in [7, 11) is 1.68. The van der Waals surface area contributed by atoms with Gasteiger partial charge in [0, 0.05) is 49.2 Å².